The fourth-order valence-electron chi connectivity index (χ4n) is 0. The van der Waals surface area contributed by atoms with Crippen LogP contribution in [0.5, 0.6) is 0 Å². The van der Waals surface area contributed by atoms with E-state index in [1.807, 2.05) is 0 Å². The minimum Gasteiger partial charge on any atom is -0.693 e. The zero-order valence-electron chi connectivity index (χ0n) is 2.86. The monoisotopic (exact) mass is 63.0 g/mol. The Balaban J connectivity index is 0. The zero-order chi connectivity index (χ0) is 0. The van der Waals surface area contributed by atoms with Crippen molar-refractivity contribution in [3.63, 3.8) is 0 Å². The van der Waals surface area contributed by atoms with Gasteiger partial charge in [-0.05, 0) is 0 Å². The summed E-state index contributed by atoms with van der Waals surface area (Å²) < 4.78 is 0. The van der Waals surface area contributed by atoms with E-state index in [1.165, 1.54) is 0 Å². The van der Waals surface area contributed by atoms with Gasteiger partial charge in [-0.3, -0.25) is 0 Å². The van der Waals surface area contributed by atoms with E-state index in [-0.39, 0.29) is 54.2 Å². The first-order valence-electron chi connectivity index (χ1n) is 0. The first-order valence-corrected chi connectivity index (χ1v) is 0. The summed E-state index contributed by atoms with van der Waals surface area (Å²) in [5.74, 6) is 0. The number of hydrogen-bond donors (Lipinski definition) is 0. The van der Waals surface area contributed by atoms with E-state index in [0.29, 0.717) is 0 Å². The van der Waals surface area contributed by atoms with Crippen molar-refractivity contribution in [2.75, 3.05) is 0 Å². The fraction of sp³-hybridized carbons (Fsp3) is 0. The molecular weight excluding hydrogens is 59.3 g/mol. The predicted octanol–water partition coefficient (Wildman–Crippen LogP) is 0.673. The van der Waals surface area contributed by atoms with Crippen molar-refractivity contribution < 1.29 is 0 Å². The summed E-state index contributed by atoms with van der Waals surface area (Å²) in [6, 6.07) is 0. The molecule has 0 aliphatic rings. The van der Waals surface area contributed by atoms with Crippen LogP contribution in [0.1, 0.15) is 0 Å². The molecule has 0 aromatic rings. The van der Waals surface area contributed by atoms with Crippen molar-refractivity contribution in [2.24, 2.45) is 0 Å². The number of rotatable bonds is 0. The van der Waals surface area contributed by atoms with Crippen LogP contribution in [0, 0.1) is 0 Å². The van der Waals surface area contributed by atoms with E-state index in [0.717, 1.165) is 0 Å². The van der Waals surface area contributed by atoms with Gasteiger partial charge in [0.2, 0.25) is 0 Å². The minimum atomic E-state index is 0. The Bertz CT molecular complexity index is 6.00. The molecule has 4 N–H and O–H groups in total. The summed E-state index contributed by atoms with van der Waals surface area (Å²) in [6.45, 7) is 0. The molecule has 4 heteroatoms. The van der Waals surface area contributed by atoms with Crippen LogP contribution in [0.4, 0.5) is 0 Å². The third-order valence-electron chi connectivity index (χ3n) is 0. The number of nitrogens with two attached hydrogens (primary N) is 2. The molecule has 2 nitrogen and oxygen atoms in total. The van der Waals surface area contributed by atoms with Gasteiger partial charge in [0.25, 0.3) is 0 Å². The SMILES string of the molecule is [Li].[Mg+2].[NH2-].[NH2-]. The molecule has 0 bridgehead atoms. The van der Waals surface area contributed by atoms with Gasteiger partial charge in [-0.25, -0.2) is 0 Å². The molecule has 1 radical (unpaired) electrons. The minimum absolute atomic E-state index is 0. The third-order valence-corrected chi connectivity index (χ3v) is 0. The fourth-order valence-corrected chi connectivity index (χ4v) is 0. The maximum absolute atomic E-state index is 0. The number of hydrogen-bond acceptors (Lipinski definition) is 0. The van der Waals surface area contributed by atoms with Crippen LogP contribution in [0.15, 0.2) is 0 Å². The van der Waals surface area contributed by atoms with Gasteiger partial charge in [0.05, 0.1) is 0 Å². The molecule has 0 rings (SSSR count). The maximum Gasteiger partial charge on any atom is 2.00 e. The summed E-state index contributed by atoms with van der Waals surface area (Å²) in [4.78, 5) is 0. The van der Waals surface area contributed by atoms with Gasteiger partial charge in [-0.1, -0.05) is 0 Å². The first kappa shape index (κ1) is 58.8. The molecule has 17 valence electrons. The molecule has 0 amide bonds. The molecule has 0 aliphatic heterocycles. The zero-order valence-corrected chi connectivity index (χ0v) is 4.28. The summed E-state index contributed by atoms with van der Waals surface area (Å²) in [6.07, 6.45) is 0. The second kappa shape index (κ2) is 28.0. The molecular formula is H4LiMgN2. The quantitative estimate of drug-likeness (QED) is 0.371. The Hall–Kier alpha value is 1.28. The Morgan fingerprint density at radius 3 is 0.750 bits per heavy atom. The second-order valence-corrected chi connectivity index (χ2v) is 0. The molecule has 0 aliphatic carbocycles. The van der Waals surface area contributed by atoms with Crippen LogP contribution in [-0.2, 0) is 0 Å². The van der Waals surface area contributed by atoms with E-state index < -0.39 is 0 Å². The third kappa shape index (κ3) is 10.4. The Labute approximate surface area is 54.2 Å². The molecule has 0 saturated heterocycles. The molecule has 0 heterocycles. The van der Waals surface area contributed by atoms with E-state index in [4.69, 9.17) is 0 Å². The van der Waals surface area contributed by atoms with Gasteiger partial charge in [0, 0.05) is 18.9 Å². The topological polar surface area (TPSA) is 67.0 Å². The van der Waals surface area contributed by atoms with Crippen molar-refractivity contribution in [1.82, 2.24) is 0 Å². The second-order valence-electron chi connectivity index (χ2n) is 0. The van der Waals surface area contributed by atoms with Crippen molar-refractivity contribution in [3.05, 3.63) is 12.3 Å². The predicted molar refractivity (Wildman–Crippen MR) is 22.1 cm³/mol. The normalized spacial score (nSPS) is 0. The Morgan fingerprint density at radius 2 is 0.750 bits per heavy atom. The van der Waals surface area contributed by atoms with Crippen molar-refractivity contribution >= 4 is 41.9 Å². The van der Waals surface area contributed by atoms with E-state index >= 15 is 0 Å². The van der Waals surface area contributed by atoms with Gasteiger partial charge in [0.1, 0.15) is 0 Å². The van der Waals surface area contributed by atoms with Crippen LogP contribution >= 0.6 is 0 Å². The van der Waals surface area contributed by atoms with Gasteiger partial charge < -0.3 is 12.3 Å². The van der Waals surface area contributed by atoms with Crippen LogP contribution in [0.25, 0.3) is 12.3 Å². The molecule has 0 fully saturated rings. The average molecular weight is 63.3 g/mol. The van der Waals surface area contributed by atoms with E-state index in [2.05, 4.69) is 0 Å². The molecule has 0 saturated carbocycles. The average Bonchev–Trinajstić information content (AvgIpc) is 0. The van der Waals surface area contributed by atoms with E-state index in [1.54, 1.807) is 0 Å². The molecule has 4 heavy (non-hydrogen) atoms. The summed E-state index contributed by atoms with van der Waals surface area (Å²) in [7, 11) is 0. The smallest absolute Gasteiger partial charge is 0.693 e. The van der Waals surface area contributed by atoms with Gasteiger partial charge >= 0.3 is 23.1 Å². The van der Waals surface area contributed by atoms with Crippen LogP contribution in [-0.4, -0.2) is 41.9 Å². The maximum atomic E-state index is 0. The summed E-state index contributed by atoms with van der Waals surface area (Å²) >= 11 is 0. The standard InChI is InChI=1S/Li.Mg.2H2N/h;;2*1H2/q;+2;2*-1. The van der Waals surface area contributed by atoms with Crippen LogP contribution in [0.3, 0.4) is 0 Å². The Kier molecular flexibility index (Phi) is 412. The van der Waals surface area contributed by atoms with Crippen molar-refractivity contribution in [1.29, 1.82) is 0 Å². The summed E-state index contributed by atoms with van der Waals surface area (Å²) in [5.41, 5.74) is 0. The van der Waals surface area contributed by atoms with Crippen molar-refractivity contribution in [2.45, 2.75) is 0 Å². The molecule has 0 atom stereocenters. The molecule has 0 aromatic carbocycles. The van der Waals surface area contributed by atoms with Crippen LogP contribution < -0.4 is 0 Å². The van der Waals surface area contributed by atoms with Gasteiger partial charge in [-0.2, -0.15) is 0 Å². The van der Waals surface area contributed by atoms with Crippen LogP contribution in [0.2, 0.25) is 0 Å². The van der Waals surface area contributed by atoms with Crippen molar-refractivity contribution in [3.8, 4) is 0 Å². The summed E-state index contributed by atoms with van der Waals surface area (Å²) in [5, 5.41) is 0. The molecule has 0 spiro atoms. The van der Waals surface area contributed by atoms with Gasteiger partial charge in [0.15, 0.2) is 0 Å². The van der Waals surface area contributed by atoms with E-state index in [9.17, 15) is 0 Å². The molecule has 0 aromatic heterocycles. The largest absolute Gasteiger partial charge is 2.00 e. The van der Waals surface area contributed by atoms with Gasteiger partial charge in [-0.15, -0.1) is 0 Å². The Morgan fingerprint density at radius 1 is 0.750 bits per heavy atom. The first-order chi connectivity index (χ1) is 0. The molecule has 0 unspecified atom stereocenters.